The van der Waals surface area contributed by atoms with Crippen LogP contribution >= 0.6 is 0 Å². The van der Waals surface area contributed by atoms with Crippen LogP contribution in [0.1, 0.15) is 51.0 Å². The van der Waals surface area contributed by atoms with Crippen molar-refractivity contribution in [1.29, 1.82) is 0 Å². The maximum Gasteiger partial charge on any atom is 0.160 e. The number of hydrogen-bond donors (Lipinski definition) is 1. The Kier molecular flexibility index (Phi) is 2.86. The molecule has 2 aromatic carbocycles. The van der Waals surface area contributed by atoms with E-state index in [4.69, 9.17) is 34.8 Å². The summed E-state index contributed by atoms with van der Waals surface area (Å²) in [7, 11) is -2.01. The Morgan fingerprint density at radius 1 is 1.20 bits per heavy atom. The van der Waals surface area contributed by atoms with Crippen LogP contribution in [0.5, 0.6) is 17.2 Å². The molecule has 2 aromatic rings. The van der Waals surface area contributed by atoms with Crippen molar-refractivity contribution in [1.82, 2.24) is 0 Å². The minimum absolute atomic E-state index is 0.0783. The molecular formula is C21H28O4. The second-order valence-corrected chi connectivity index (χ2v) is 4.85. The molecule has 0 radical (unpaired) electrons. The Morgan fingerprint density at radius 2 is 2.08 bits per heavy atom. The van der Waals surface area contributed by atoms with Crippen LogP contribution in [0.3, 0.4) is 0 Å². The maximum absolute atomic E-state index is 10.6. The van der Waals surface area contributed by atoms with E-state index >= 15 is 0 Å². The number of ether oxygens (including phenoxy) is 3. The number of rotatable bonds is 10. The average Bonchev–Trinajstić information content (AvgIpc) is 2.81. The van der Waals surface area contributed by atoms with Crippen LogP contribution in [0.25, 0.3) is 0 Å². The molecule has 4 heteroatoms. The van der Waals surface area contributed by atoms with Crippen molar-refractivity contribution >= 4 is 0 Å². The monoisotopic (exact) mass is 359 g/mol. The van der Waals surface area contributed by atoms with E-state index in [1.54, 1.807) is 0 Å². The standard InChI is InChI=1S/C21H28O4/c1-16-7-6-10-19(13-16)25-15-18(22)9-5-4-8-17-11-12-20(23-2)21(14-17)24-3/h6-7,10-14,18,22H,4-5,8-9,15H2,1-3H3/i2D3,6D,7D,8D2,10D,11D,12D,13D,14D,15D2,18D. The SMILES string of the molecule is [2H]c1c([2H])c(C)c([2H])c(OC([2H])([2H])C([2H])(O)CCCC([2H])([2H])c2c([2H])c([2H])c(OC([2H])([2H])[2H])c(OC)c2[2H])c1[2H]. The average molecular weight is 360 g/mol. The zero-order chi connectivity index (χ0) is 31.2. The van der Waals surface area contributed by atoms with Crippen LogP contribution in [-0.4, -0.2) is 31.9 Å². The highest BCUT2D eigenvalue weighted by molar-refractivity contribution is 5.42. The molecule has 0 aromatic heterocycles. The van der Waals surface area contributed by atoms with Gasteiger partial charge in [-0.05, 0) is 61.4 Å². The first-order valence-electron chi connectivity index (χ1n) is 14.9. The Bertz CT molecular complexity index is 1250. The van der Waals surface area contributed by atoms with Crippen molar-refractivity contribution in [2.45, 2.75) is 38.6 Å². The van der Waals surface area contributed by atoms with Gasteiger partial charge >= 0.3 is 0 Å². The van der Waals surface area contributed by atoms with Gasteiger partial charge in [0, 0.05) is 2.74 Å². The topological polar surface area (TPSA) is 47.9 Å². The van der Waals surface area contributed by atoms with Gasteiger partial charge in [0.05, 0.1) is 38.0 Å². The molecule has 1 atom stereocenters. The second-order valence-electron chi connectivity index (χ2n) is 4.85. The number of aliphatic hydroxyl groups is 1. The molecule has 1 N–H and O–H groups in total. The highest BCUT2D eigenvalue weighted by atomic mass is 16.5. The molecule has 0 amide bonds. The molecule has 25 heavy (non-hydrogen) atoms. The summed E-state index contributed by atoms with van der Waals surface area (Å²) in [6.45, 7) is -1.97. The molecule has 136 valence electrons. The molecule has 0 aliphatic carbocycles. The van der Waals surface area contributed by atoms with Crippen molar-refractivity contribution < 1.29 is 39.9 Å². The first kappa shape index (κ1) is 7.20. The molecule has 0 saturated heterocycles. The fraction of sp³-hybridized carbons (Fsp3) is 0.429. The van der Waals surface area contributed by atoms with E-state index in [1.807, 2.05) is 0 Å². The zero-order valence-corrected chi connectivity index (χ0v) is 13.8. The third kappa shape index (κ3) is 6.31. The van der Waals surface area contributed by atoms with Crippen LogP contribution < -0.4 is 14.2 Å². The summed E-state index contributed by atoms with van der Waals surface area (Å²) in [6, 6.07) is -4.87. The summed E-state index contributed by atoms with van der Waals surface area (Å²) in [6.07, 6.45) is -7.42. The lowest BCUT2D eigenvalue weighted by molar-refractivity contribution is 0.0976. The van der Waals surface area contributed by atoms with E-state index in [-0.39, 0.29) is 5.56 Å². The van der Waals surface area contributed by atoms with Crippen molar-refractivity contribution in [3.8, 4) is 17.2 Å². The maximum atomic E-state index is 10.6. The molecule has 4 nitrogen and oxygen atoms in total. The van der Waals surface area contributed by atoms with Crippen LogP contribution in [0, 0.1) is 6.92 Å². The van der Waals surface area contributed by atoms with Crippen LogP contribution in [0.2, 0.25) is 0 Å². The summed E-state index contributed by atoms with van der Waals surface area (Å²) in [5, 5.41) is 10.6. The molecule has 2 rings (SSSR count). The van der Waals surface area contributed by atoms with Crippen molar-refractivity contribution in [3.63, 3.8) is 0 Å². The molecule has 0 heterocycles. The van der Waals surface area contributed by atoms with E-state index in [1.165, 1.54) is 6.92 Å². The van der Waals surface area contributed by atoms with E-state index in [2.05, 4.69) is 0 Å². The van der Waals surface area contributed by atoms with Gasteiger partial charge in [-0.2, -0.15) is 0 Å². The van der Waals surface area contributed by atoms with Gasteiger partial charge < -0.3 is 19.3 Å². The van der Waals surface area contributed by atoms with Gasteiger partial charge in [0.2, 0.25) is 0 Å². The van der Waals surface area contributed by atoms with Gasteiger partial charge in [-0.15, -0.1) is 0 Å². The first-order chi connectivity index (χ1) is 18.0. The summed E-state index contributed by atoms with van der Waals surface area (Å²) in [5.74, 6) is -2.08. The van der Waals surface area contributed by atoms with Crippen molar-refractivity contribution in [2.75, 3.05) is 20.7 Å². The minimum atomic E-state index is -3.26. The highest BCUT2D eigenvalue weighted by Gasteiger charge is 2.07. The number of hydrogen-bond acceptors (Lipinski definition) is 4. The molecule has 0 bridgehead atoms. The quantitative estimate of drug-likeness (QED) is 0.692. The molecule has 0 fully saturated rings. The zero-order valence-electron chi connectivity index (χ0n) is 28.8. The lowest BCUT2D eigenvalue weighted by Crippen LogP contribution is -2.17. The fourth-order valence-corrected chi connectivity index (χ4v) is 1.78. The van der Waals surface area contributed by atoms with Crippen LogP contribution in [0.4, 0.5) is 0 Å². The Morgan fingerprint density at radius 3 is 2.88 bits per heavy atom. The summed E-state index contributed by atoms with van der Waals surface area (Å²) in [4.78, 5) is 0. The lowest BCUT2D eigenvalue weighted by atomic mass is 10.0. The van der Waals surface area contributed by atoms with Crippen LogP contribution in [-0.2, 0) is 6.37 Å². The molecule has 0 spiro atoms. The molecular weight excluding hydrogens is 316 g/mol. The smallest absolute Gasteiger partial charge is 0.160 e. The van der Waals surface area contributed by atoms with Gasteiger partial charge in [0.25, 0.3) is 0 Å². The van der Waals surface area contributed by atoms with E-state index in [0.717, 1.165) is 7.11 Å². The number of methoxy groups -OCH3 is 2. The fourth-order valence-electron chi connectivity index (χ4n) is 1.78. The van der Waals surface area contributed by atoms with E-state index in [9.17, 15) is 5.11 Å². The lowest BCUT2D eigenvalue weighted by Gasteiger charge is -2.13. The highest BCUT2D eigenvalue weighted by Crippen LogP contribution is 2.28. The van der Waals surface area contributed by atoms with Crippen LogP contribution in [0.15, 0.2) is 42.3 Å². The van der Waals surface area contributed by atoms with E-state index in [0.29, 0.717) is 0 Å². The predicted octanol–water partition coefficient (Wildman–Crippen LogP) is 4.16. The Labute approximate surface area is 171 Å². The Balaban J connectivity index is 2.33. The molecule has 0 saturated carbocycles. The van der Waals surface area contributed by atoms with Crippen molar-refractivity contribution in [2.24, 2.45) is 0 Å². The largest absolute Gasteiger partial charge is 0.493 e. The number of benzene rings is 2. The van der Waals surface area contributed by atoms with Gasteiger partial charge in [0.15, 0.2) is 11.5 Å². The molecule has 0 aliphatic rings. The first-order valence-corrected chi connectivity index (χ1v) is 7.36. The summed E-state index contributed by atoms with van der Waals surface area (Å²) < 4.78 is 134. The van der Waals surface area contributed by atoms with Gasteiger partial charge in [-0.3, -0.25) is 0 Å². The van der Waals surface area contributed by atoms with Gasteiger partial charge in [-0.25, -0.2) is 0 Å². The summed E-state index contributed by atoms with van der Waals surface area (Å²) in [5.41, 5.74) is -0.725. The van der Waals surface area contributed by atoms with Gasteiger partial charge in [0.1, 0.15) is 12.3 Å². The van der Waals surface area contributed by atoms with Crippen molar-refractivity contribution in [3.05, 3.63) is 53.4 Å². The third-order valence-electron chi connectivity index (χ3n) is 2.94. The normalized spacial score (nSPS) is 23.4. The third-order valence-corrected chi connectivity index (χ3v) is 2.94. The second kappa shape index (κ2) is 9.94. The molecule has 0 aliphatic heterocycles. The van der Waals surface area contributed by atoms with E-state index < -0.39 is 110 Å². The Hall–Kier alpha value is -2.20. The summed E-state index contributed by atoms with van der Waals surface area (Å²) >= 11 is 0. The minimum Gasteiger partial charge on any atom is -0.493 e. The predicted molar refractivity (Wildman–Crippen MR) is 99.8 cm³/mol. The molecule has 1 unspecified atom stereocenters. The van der Waals surface area contributed by atoms with Gasteiger partial charge in [-0.1, -0.05) is 24.5 Å².